The number of carbonyl (C=O) groups excluding carboxylic acids is 1. The largest absolute Gasteiger partial charge is 0.317 e. The smallest absolute Gasteiger partial charge is 0.136 e. The van der Waals surface area contributed by atoms with Gasteiger partial charge in [0.25, 0.3) is 0 Å². The second kappa shape index (κ2) is 5.99. The molecule has 0 radical (unpaired) electrons. The van der Waals surface area contributed by atoms with Gasteiger partial charge in [-0.05, 0) is 62.9 Å². The first-order valence-electron chi connectivity index (χ1n) is 7.40. The van der Waals surface area contributed by atoms with Gasteiger partial charge >= 0.3 is 0 Å². The van der Waals surface area contributed by atoms with Crippen LogP contribution in [0.25, 0.3) is 0 Å². The summed E-state index contributed by atoms with van der Waals surface area (Å²) < 4.78 is 0. The summed E-state index contributed by atoms with van der Waals surface area (Å²) in [6, 6.07) is 0. The first-order valence-corrected chi connectivity index (χ1v) is 7.40. The maximum Gasteiger partial charge on any atom is 0.136 e. The monoisotopic (exact) mass is 237 g/mol. The minimum absolute atomic E-state index is 0.385. The van der Waals surface area contributed by atoms with Crippen molar-refractivity contribution in [2.24, 2.45) is 23.7 Å². The molecular weight excluding hydrogens is 210 g/mol. The van der Waals surface area contributed by atoms with E-state index in [-0.39, 0.29) is 0 Å². The van der Waals surface area contributed by atoms with Crippen molar-refractivity contribution >= 4 is 5.78 Å². The predicted octanol–water partition coefficient (Wildman–Crippen LogP) is 3.02. The number of piperidine rings is 1. The fourth-order valence-corrected chi connectivity index (χ4v) is 3.38. The van der Waals surface area contributed by atoms with Gasteiger partial charge in [0.1, 0.15) is 5.78 Å². The molecule has 0 bridgehead atoms. The van der Waals surface area contributed by atoms with Crippen LogP contribution in [0.1, 0.15) is 52.4 Å². The quantitative estimate of drug-likeness (QED) is 0.817. The summed E-state index contributed by atoms with van der Waals surface area (Å²) in [5.74, 6) is 3.17. The second-order valence-electron chi connectivity index (χ2n) is 6.33. The fourth-order valence-electron chi connectivity index (χ4n) is 3.38. The van der Waals surface area contributed by atoms with E-state index in [1.54, 1.807) is 0 Å². The van der Waals surface area contributed by atoms with Crippen LogP contribution in [0.5, 0.6) is 0 Å². The molecule has 1 aliphatic heterocycles. The minimum atomic E-state index is 0.385. The predicted molar refractivity (Wildman–Crippen MR) is 70.9 cm³/mol. The lowest BCUT2D eigenvalue weighted by molar-refractivity contribution is -0.125. The molecule has 1 N–H and O–H groups in total. The van der Waals surface area contributed by atoms with Crippen LogP contribution in [0.2, 0.25) is 0 Å². The molecule has 3 atom stereocenters. The number of ketones is 1. The standard InChI is InChI=1S/C15H27NO/c1-11-3-4-14(9-12(11)2)15(17)10-13-5-7-16-8-6-13/h11-14,16H,3-10H2,1-2H3. The normalized spacial score (nSPS) is 35.8. The zero-order chi connectivity index (χ0) is 12.3. The Morgan fingerprint density at radius 1 is 1.06 bits per heavy atom. The molecule has 17 heavy (non-hydrogen) atoms. The number of carbonyl (C=O) groups is 1. The van der Waals surface area contributed by atoms with Gasteiger partial charge in [-0.1, -0.05) is 13.8 Å². The summed E-state index contributed by atoms with van der Waals surface area (Å²) in [5, 5.41) is 3.37. The second-order valence-corrected chi connectivity index (χ2v) is 6.33. The molecule has 2 heteroatoms. The van der Waals surface area contributed by atoms with Crippen molar-refractivity contribution in [1.29, 1.82) is 0 Å². The highest BCUT2D eigenvalue weighted by molar-refractivity contribution is 5.81. The third-order valence-electron chi connectivity index (χ3n) is 5.00. The van der Waals surface area contributed by atoms with Gasteiger partial charge in [-0.15, -0.1) is 0 Å². The Morgan fingerprint density at radius 3 is 2.41 bits per heavy atom. The number of Topliss-reactive ketones (excluding diaryl/α,β-unsaturated/α-hetero) is 1. The highest BCUT2D eigenvalue weighted by atomic mass is 16.1. The lowest BCUT2D eigenvalue weighted by Crippen LogP contribution is -2.32. The van der Waals surface area contributed by atoms with E-state index in [0.29, 0.717) is 17.6 Å². The van der Waals surface area contributed by atoms with Crippen LogP contribution >= 0.6 is 0 Å². The van der Waals surface area contributed by atoms with Crippen LogP contribution in [-0.4, -0.2) is 18.9 Å². The Hall–Kier alpha value is -0.370. The van der Waals surface area contributed by atoms with Crippen LogP contribution in [0.4, 0.5) is 0 Å². The molecule has 2 nitrogen and oxygen atoms in total. The lowest BCUT2D eigenvalue weighted by atomic mass is 9.73. The van der Waals surface area contributed by atoms with Crippen molar-refractivity contribution in [2.45, 2.75) is 52.4 Å². The first kappa shape index (κ1) is 13.1. The van der Waals surface area contributed by atoms with E-state index in [4.69, 9.17) is 0 Å². The van der Waals surface area contributed by atoms with E-state index in [1.807, 2.05) is 0 Å². The van der Waals surface area contributed by atoms with Gasteiger partial charge in [-0.3, -0.25) is 4.79 Å². The van der Waals surface area contributed by atoms with Gasteiger partial charge in [0.15, 0.2) is 0 Å². The molecule has 1 saturated carbocycles. The topological polar surface area (TPSA) is 29.1 Å². The summed E-state index contributed by atoms with van der Waals surface area (Å²) >= 11 is 0. The van der Waals surface area contributed by atoms with Crippen molar-refractivity contribution in [3.63, 3.8) is 0 Å². The molecule has 2 fully saturated rings. The fraction of sp³-hybridized carbons (Fsp3) is 0.933. The van der Waals surface area contributed by atoms with E-state index in [9.17, 15) is 4.79 Å². The van der Waals surface area contributed by atoms with E-state index < -0.39 is 0 Å². The zero-order valence-electron chi connectivity index (χ0n) is 11.4. The van der Waals surface area contributed by atoms with Crippen LogP contribution in [0.3, 0.4) is 0 Å². The first-order chi connectivity index (χ1) is 8.16. The zero-order valence-corrected chi connectivity index (χ0v) is 11.4. The molecule has 0 aromatic rings. The summed E-state index contributed by atoms with van der Waals surface area (Å²) in [4.78, 5) is 12.3. The Bertz CT molecular complexity index is 258. The highest BCUT2D eigenvalue weighted by Crippen LogP contribution is 2.35. The average molecular weight is 237 g/mol. The maximum atomic E-state index is 12.3. The molecule has 1 heterocycles. The molecule has 98 valence electrons. The summed E-state index contributed by atoms with van der Waals surface area (Å²) in [5.41, 5.74) is 0. The molecule has 1 saturated heterocycles. The van der Waals surface area contributed by atoms with Gasteiger partial charge < -0.3 is 5.32 Å². The van der Waals surface area contributed by atoms with Crippen LogP contribution in [-0.2, 0) is 4.79 Å². The molecule has 2 rings (SSSR count). The molecule has 0 aromatic heterocycles. The van der Waals surface area contributed by atoms with E-state index in [0.717, 1.165) is 44.2 Å². The third-order valence-corrected chi connectivity index (χ3v) is 5.00. The van der Waals surface area contributed by atoms with E-state index >= 15 is 0 Å². The summed E-state index contributed by atoms with van der Waals surface area (Å²) in [7, 11) is 0. The van der Waals surface area contributed by atoms with Crippen molar-refractivity contribution in [1.82, 2.24) is 5.32 Å². The number of rotatable bonds is 3. The van der Waals surface area contributed by atoms with Crippen molar-refractivity contribution in [2.75, 3.05) is 13.1 Å². The van der Waals surface area contributed by atoms with E-state index in [2.05, 4.69) is 19.2 Å². The molecule has 0 amide bonds. The summed E-state index contributed by atoms with van der Waals surface area (Å²) in [6.07, 6.45) is 6.80. The summed E-state index contributed by atoms with van der Waals surface area (Å²) in [6.45, 7) is 6.86. The number of hydrogen-bond acceptors (Lipinski definition) is 2. The van der Waals surface area contributed by atoms with Crippen LogP contribution in [0.15, 0.2) is 0 Å². The van der Waals surface area contributed by atoms with Crippen molar-refractivity contribution < 1.29 is 4.79 Å². The Morgan fingerprint density at radius 2 is 1.76 bits per heavy atom. The van der Waals surface area contributed by atoms with Crippen LogP contribution < -0.4 is 5.32 Å². The van der Waals surface area contributed by atoms with Gasteiger partial charge in [-0.25, -0.2) is 0 Å². The molecule has 2 aliphatic rings. The average Bonchev–Trinajstić information content (AvgIpc) is 2.34. The minimum Gasteiger partial charge on any atom is -0.317 e. The van der Waals surface area contributed by atoms with Gasteiger partial charge in [0.05, 0.1) is 0 Å². The maximum absolute atomic E-state index is 12.3. The highest BCUT2D eigenvalue weighted by Gasteiger charge is 2.30. The van der Waals surface area contributed by atoms with Crippen molar-refractivity contribution in [3.8, 4) is 0 Å². The van der Waals surface area contributed by atoms with Crippen molar-refractivity contribution in [3.05, 3.63) is 0 Å². The molecule has 1 aliphatic carbocycles. The Kier molecular flexibility index (Phi) is 4.61. The van der Waals surface area contributed by atoms with Crippen LogP contribution in [0, 0.1) is 23.7 Å². The Balaban J connectivity index is 1.79. The Labute approximate surface area is 106 Å². The van der Waals surface area contributed by atoms with E-state index in [1.165, 1.54) is 19.3 Å². The molecule has 0 aromatic carbocycles. The lowest BCUT2D eigenvalue weighted by Gasteiger charge is -2.32. The van der Waals surface area contributed by atoms with Gasteiger partial charge in [0.2, 0.25) is 0 Å². The van der Waals surface area contributed by atoms with Gasteiger partial charge in [-0.2, -0.15) is 0 Å². The SMILES string of the molecule is CC1CCC(C(=O)CC2CCNCC2)CC1C. The third kappa shape index (κ3) is 3.54. The van der Waals surface area contributed by atoms with Gasteiger partial charge in [0, 0.05) is 12.3 Å². The number of nitrogens with one attached hydrogen (secondary N) is 1. The molecular formula is C15H27NO. The molecule has 0 spiro atoms. The number of hydrogen-bond donors (Lipinski definition) is 1. The molecule has 3 unspecified atom stereocenters.